The Morgan fingerprint density at radius 1 is 1.28 bits per heavy atom. The van der Waals surface area contributed by atoms with Crippen LogP contribution in [0.15, 0.2) is 48.6 Å². The molecule has 0 bridgehead atoms. The molecule has 4 heteroatoms. The molecule has 1 heterocycles. The molecule has 18 heavy (non-hydrogen) atoms. The van der Waals surface area contributed by atoms with Gasteiger partial charge in [0.05, 0.1) is 0 Å². The lowest BCUT2D eigenvalue weighted by Gasteiger charge is -2.00. The van der Waals surface area contributed by atoms with Gasteiger partial charge in [0.25, 0.3) is 0 Å². The van der Waals surface area contributed by atoms with Crippen LogP contribution in [-0.4, -0.2) is 20.5 Å². The van der Waals surface area contributed by atoms with E-state index < -0.39 is 0 Å². The first kappa shape index (κ1) is 16.0. The van der Waals surface area contributed by atoms with Gasteiger partial charge < -0.3 is 0 Å². The number of nitrogens with zero attached hydrogens (tertiary/aromatic N) is 3. The first-order chi connectivity index (χ1) is 8.77. The number of hydrogen-bond acceptors (Lipinski definition) is 3. The second-order valence-electron chi connectivity index (χ2n) is 3.16. The van der Waals surface area contributed by atoms with Gasteiger partial charge in [-0.3, -0.25) is 4.79 Å². The van der Waals surface area contributed by atoms with Crippen molar-refractivity contribution in [2.75, 3.05) is 0 Å². The molecule has 0 spiro atoms. The van der Waals surface area contributed by atoms with Crippen molar-refractivity contribution in [2.45, 2.75) is 34.2 Å². The van der Waals surface area contributed by atoms with Crippen LogP contribution in [0.2, 0.25) is 0 Å². The molecule has 0 aromatic carbocycles. The Morgan fingerprint density at radius 2 is 2.00 bits per heavy atom. The predicted octanol–water partition coefficient (Wildman–Crippen LogP) is 2.95. The van der Waals surface area contributed by atoms with E-state index >= 15 is 0 Å². The summed E-state index contributed by atoms with van der Waals surface area (Å²) in [5.41, 5.74) is 0.663. The van der Waals surface area contributed by atoms with Crippen molar-refractivity contribution in [3.05, 3.63) is 48.6 Å². The quantitative estimate of drug-likeness (QED) is 0.593. The third kappa shape index (κ3) is 5.94. The smallest absolute Gasteiger partial charge is 0.184 e. The summed E-state index contributed by atoms with van der Waals surface area (Å²) < 4.78 is 1.51. The minimum Gasteiger partial charge on any atom is -0.292 e. The largest absolute Gasteiger partial charge is 0.292 e. The van der Waals surface area contributed by atoms with E-state index in [-0.39, 0.29) is 12.3 Å². The van der Waals surface area contributed by atoms with Gasteiger partial charge in [-0.2, -0.15) is 5.10 Å². The fourth-order valence-corrected chi connectivity index (χ4v) is 1.17. The molecule has 0 saturated heterocycles. The Kier molecular flexibility index (Phi) is 9.08. The summed E-state index contributed by atoms with van der Waals surface area (Å²) in [4.78, 5) is 15.7. The SMILES string of the molecule is CC.C\C=C/C=C(\C=C/C)C(=O)Cn1cncn1. The molecule has 0 amide bonds. The molecule has 98 valence electrons. The molecule has 0 unspecified atom stereocenters. The second kappa shape index (κ2) is 10.2. The maximum Gasteiger partial charge on any atom is 0.184 e. The van der Waals surface area contributed by atoms with Crippen molar-refractivity contribution < 1.29 is 4.79 Å². The summed E-state index contributed by atoms with van der Waals surface area (Å²) in [5.74, 6) is 0.0155. The summed E-state index contributed by atoms with van der Waals surface area (Å²) in [6.45, 7) is 8.01. The summed E-state index contributed by atoms with van der Waals surface area (Å²) in [7, 11) is 0. The Balaban J connectivity index is 0.00000137. The second-order valence-corrected chi connectivity index (χ2v) is 3.16. The average molecular weight is 247 g/mol. The number of allylic oxidation sites excluding steroid dienone is 6. The molecule has 4 nitrogen and oxygen atoms in total. The van der Waals surface area contributed by atoms with Crippen LogP contribution in [0.25, 0.3) is 0 Å². The monoisotopic (exact) mass is 247 g/mol. The van der Waals surface area contributed by atoms with Crippen LogP contribution in [-0.2, 0) is 11.3 Å². The van der Waals surface area contributed by atoms with Crippen LogP contribution in [0.3, 0.4) is 0 Å². The molecule has 1 aromatic rings. The zero-order chi connectivity index (χ0) is 13.8. The molecular formula is C14H21N3O. The van der Waals surface area contributed by atoms with Crippen LogP contribution in [0.5, 0.6) is 0 Å². The van der Waals surface area contributed by atoms with Crippen LogP contribution >= 0.6 is 0 Å². The number of carbonyl (C=O) groups excluding carboxylic acids is 1. The van der Waals surface area contributed by atoms with Gasteiger partial charge in [0.15, 0.2) is 5.78 Å². The maximum absolute atomic E-state index is 11.9. The number of carbonyl (C=O) groups is 1. The van der Waals surface area contributed by atoms with E-state index in [4.69, 9.17) is 0 Å². The van der Waals surface area contributed by atoms with E-state index in [2.05, 4.69) is 10.1 Å². The number of hydrogen-bond donors (Lipinski definition) is 0. The lowest BCUT2D eigenvalue weighted by molar-refractivity contribution is -0.116. The molecule has 1 rings (SSSR count). The number of aromatic nitrogens is 3. The van der Waals surface area contributed by atoms with Crippen LogP contribution < -0.4 is 0 Å². The molecule has 0 aliphatic heterocycles. The standard InChI is InChI=1S/C12H15N3O.C2H6/c1-3-5-7-11(6-4-2)12(16)8-15-10-13-9-14-15;1-2/h3-7,9-10H,8H2,1-2H3;1-2H3/b5-3-,6-4-,11-7+;. The Morgan fingerprint density at radius 3 is 2.50 bits per heavy atom. The van der Waals surface area contributed by atoms with Crippen molar-refractivity contribution in [2.24, 2.45) is 0 Å². The fourth-order valence-electron chi connectivity index (χ4n) is 1.17. The molecule has 0 atom stereocenters. The summed E-state index contributed by atoms with van der Waals surface area (Å²) in [6.07, 6.45) is 12.1. The van der Waals surface area contributed by atoms with Gasteiger partial charge >= 0.3 is 0 Å². The number of rotatable bonds is 5. The zero-order valence-corrected chi connectivity index (χ0v) is 11.5. The molecule has 0 saturated carbocycles. The van der Waals surface area contributed by atoms with Crippen molar-refractivity contribution >= 4 is 5.78 Å². The van der Waals surface area contributed by atoms with Crippen molar-refractivity contribution in [1.82, 2.24) is 14.8 Å². The third-order valence-corrected chi connectivity index (χ3v) is 1.91. The topological polar surface area (TPSA) is 47.8 Å². The maximum atomic E-state index is 11.9. The molecule has 0 fully saturated rings. The highest BCUT2D eigenvalue weighted by Crippen LogP contribution is 2.02. The van der Waals surface area contributed by atoms with Gasteiger partial charge in [-0.1, -0.05) is 44.2 Å². The Hall–Kier alpha value is -1.97. The number of Topliss-reactive ketones (excluding diaryl/α,β-unsaturated/α-hetero) is 1. The van der Waals surface area contributed by atoms with E-state index in [0.717, 1.165) is 0 Å². The Labute approximate surface area is 109 Å². The van der Waals surface area contributed by atoms with Crippen LogP contribution in [0.4, 0.5) is 0 Å². The van der Waals surface area contributed by atoms with E-state index in [9.17, 15) is 4.79 Å². The van der Waals surface area contributed by atoms with Gasteiger partial charge in [0, 0.05) is 5.57 Å². The highest BCUT2D eigenvalue weighted by atomic mass is 16.1. The predicted molar refractivity (Wildman–Crippen MR) is 74.1 cm³/mol. The first-order valence-corrected chi connectivity index (χ1v) is 6.09. The normalized spacial score (nSPS) is 11.7. The van der Waals surface area contributed by atoms with E-state index in [1.165, 1.54) is 17.3 Å². The summed E-state index contributed by atoms with van der Waals surface area (Å²) >= 11 is 0. The highest BCUT2D eigenvalue weighted by Gasteiger charge is 2.06. The van der Waals surface area contributed by atoms with Crippen molar-refractivity contribution in [3.63, 3.8) is 0 Å². The number of ketones is 1. The first-order valence-electron chi connectivity index (χ1n) is 6.09. The fraction of sp³-hybridized carbons (Fsp3) is 0.357. The molecular weight excluding hydrogens is 226 g/mol. The molecule has 0 aliphatic carbocycles. The van der Waals surface area contributed by atoms with Gasteiger partial charge in [0.2, 0.25) is 0 Å². The minimum atomic E-state index is 0.0155. The Bertz CT molecular complexity index is 414. The van der Waals surface area contributed by atoms with Gasteiger partial charge in [0.1, 0.15) is 19.2 Å². The molecule has 0 radical (unpaired) electrons. The average Bonchev–Trinajstić information content (AvgIpc) is 2.89. The van der Waals surface area contributed by atoms with Gasteiger partial charge in [-0.25, -0.2) is 9.67 Å². The molecule has 0 aliphatic rings. The summed E-state index contributed by atoms with van der Waals surface area (Å²) in [6, 6.07) is 0. The van der Waals surface area contributed by atoms with Crippen LogP contribution in [0.1, 0.15) is 27.7 Å². The zero-order valence-electron chi connectivity index (χ0n) is 11.5. The molecule has 0 N–H and O–H groups in total. The van der Waals surface area contributed by atoms with E-state index in [1.807, 2.05) is 45.9 Å². The minimum absolute atomic E-state index is 0.0155. The third-order valence-electron chi connectivity index (χ3n) is 1.91. The summed E-state index contributed by atoms with van der Waals surface area (Å²) in [5, 5.41) is 3.89. The highest BCUT2D eigenvalue weighted by molar-refractivity contribution is 5.98. The van der Waals surface area contributed by atoms with Gasteiger partial charge in [-0.05, 0) is 13.8 Å². The van der Waals surface area contributed by atoms with E-state index in [0.29, 0.717) is 5.57 Å². The van der Waals surface area contributed by atoms with Crippen molar-refractivity contribution in [3.8, 4) is 0 Å². The lowest BCUT2D eigenvalue weighted by Crippen LogP contribution is -2.11. The van der Waals surface area contributed by atoms with Crippen molar-refractivity contribution in [1.29, 1.82) is 0 Å². The molecule has 1 aromatic heterocycles. The van der Waals surface area contributed by atoms with E-state index in [1.54, 1.807) is 12.2 Å². The van der Waals surface area contributed by atoms with Crippen LogP contribution in [0, 0.1) is 0 Å². The lowest BCUT2D eigenvalue weighted by atomic mass is 10.1. The van der Waals surface area contributed by atoms with Gasteiger partial charge in [-0.15, -0.1) is 0 Å².